The molecule has 9 heteroatoms. The Balaban J connectivity index is 1.45. The van der Waals surface area contributed by atoms with Crippen molar-refractivity contribution in [2.45, 2.75) is 45.2 Å². The van der Waals surface area contributed by atoms with Crippen LogP contribution in [-0.4, -0.2) is 78.5 Å². The van der Waals surface area contributed by atoms with Crippen molar-refractivity contribution in [1.29, 1.82) is 0 Å². The van der Waals surface area contributed by atoms with Crippen LogP contribution in [0.1, 0.15) is 44.0 Å². The van der Waals surface area contributed by atoms with Gasteiger partial charge in [-0.25, -0.2) is 0 Å². The molecule has 0 radical (unpaired) electrons. The maximum absolute atomic E-state index is 5.56. The van der Waals surface area contributed by atoms with Crippen molar-refractivity contribution in [3.05, 3.63) is 41.7 Å². The fraction of sp³-hybridized carbons (Fsp3) is 0.625. The normalized spacial score (nSPS) is 15.2. The minimum atomic E-state index is 0.220. The Kier molecular flexibility index (Phi) is 10.8. The number of nitrogens with one attached hydrogen (secondary N) is 2. The molecular formula is C24H39N7O2. The molecular weight excluding hydrogens is 418 g/mol. The van der Waals surface area contributed by atoms with Crippen LogP contribution in [-0.2, 0) is 16.0 Å². The molecule has 1 aromatic heterocycles. The lowest BCUT2D eigenvalue weighted by atomic mass is 10.0. The monoisotopic (exact) mass is 457 g/mol. The summed E-state index contributed by atoms with van der Waals surface area (Å²) in [4.78, 5) is 16.3. The molecule has 33 heavy (non-hydrogen) atoms. The fourth-order valence-electron chi connectivity index (χ4n) is 3.69. The number of nitrogens with two attached hydrogens (primary N) is 1. The van der Waals surface area contributed by atoms with Crippen molar-refractivity contribution >= 4 is 11.9 Å². The highest BCUT2D eigenvalue weighted by atomic mass is 16.5. The van der Waals surface area contributed by atoms with E-state index in [-0.39, 0.29) is 5.92 Å². The van der Waals surface area contributed by atoms with Gasteiger partial charge >= 0.3 is 0 Å². The summed E-state index contributed by atoms with van der Waals surface area (Å²) in [6, 6.07) is 11.0. The number of anilines is 2. The highest BCUT2D eigenvalue weighted by molar-refractivity contribution is 5.36. The number of nitrogens with zero attached hydrogens (tertiary/aromatic N) is 4. The molecule has 0 bridgehead atoms. The number of hydrogen-bond donors (Lipinski definition) is 3. The Bertz CT molecular complexity index is 799. The molecule has 182 valence electrons. The lowest BCUT2D eigenvalue weighted by molar-refractivity contribution is 0.0547. The van der Waals surface area contributed by atoms with Crippen LogP contribution in [0.5, 0.6) is 0 Å². The minimum Gasteiger partial charge on any atom is -0.378 e. The van der Waals surface area contributed by atoms with Crippen LogP contribution in [0.15, 0.2) is 30.3 Å². The van der Waals surface area contributed by atoms with Gasteiger partial charge in [-0.1, -0.05) is 44.2 Å². The molecule has 1 aliphatic rings. The van der Waals surface area contributed by atoms with Gasteiger partial charge in [0.1, 0.15) is 5.82 Å². The summed E-state index contributed by atoms with van der Waals surface area (Å²) >= 11 is 0. The maximum atomic E-state index is 5.56. The van der Waals surface area contributed by atoms with Gasteiger partial charge in [-0.05, 0) is 18.4 Å². The van der Waals surface area contributed by atoms with Crippen LogP contribution in [0.4, 0.5) is 11.9 Å². The van der Waals surface area contributed by atoms with E-state index in [0.29, 0.717) is 57.5 Å². The van der Waals surface area contributed by atoms with E-state index in [1.807, 2.05) is 0 Å². The van der Waals surface area contributed by atoms with Crippen molar-refractivity contribution in [1.82, 2.24) is 19.9 Å². The van der Waals surface area contributed by atoms with E-state index in [0.717, 1.165) is 38.3 Å². The first-order chi connectivity index (χ1) is 16.1. The van der Waals surface area contributed by atoms with Gasteiger partial charge in [0.25, 0.3) is 0 Å². The van der Waals surface area contributed by atoms with Crippen molar-refractivity contribution in [3.8, 4) is 0 Å². The summed E-state index contributed by atoms with van der Waals surface area (Å²) in [5.74, 6) is 2.24. The van der Waals surface area contributed by atoms with Crippen LogP contribution in [0, 0.1) is 0 Å². The quantitative estimate of drug-likeness (QED) is 0.368. The first-order valence-electron chi connectivity index (χ1n) is 12.0. The zero-order valence-corrected chi connectivity index (χ0v) is 20.0. The summed E-state index contributed by atoms with van der Waals surface area (Å²) in [6.07, 6.45) is 2.14. The standard InChI is InChI=1S/C24H39N7O2/c1-19(2)22-28-23(26-11-15-33-17-16-32-14-10-25)30-24(29-22)27-21-8-12-31(13-9-21)18-20-6-4-3-5-7-20/h3-7,19,21H,8-18,25H2,1-2H3,(H2,26,27,28,29,30). The van der Waals surface area contributed by atoms with Crippen molar-refractivity contribution in [2.24, 2.45) is 5.73 Å². The van der Waals surface area contributed by atoms with E-state index in [9.17, 15) is 0 Å². The topological polar surface area (TPSA) is 110 Å². The average Bonchev–Trinajstić information content (AvgIpc) is 2.82. The van der Waals surface area contributed by atoms with Crippen LogP contribution in [0.2, 0.25) is 0 Å². The second-order valence-corrected chi connectivity index (χ2v) is 8.62. The fourth-order valence-corrected chi connectivity index (χ4v) is 3.69. The van der Waals surface area contributed by atoms with Crippen LogP contribution >= 0.6 is 0 Å². The van der Waals surface area contributed by atoms with Gasteiger partial charge in [-0.15, -0.1) is 0 Å². The predicted octanol–water partition coefficient (Wildman–Crippen LogP) is 2.48. The smallest absolute Gasteiger partial charge is 0.227 e. The van der Waals surface area contributed by atoms with Gasteiger partial charge in [0, 0.05) is 44.7 Å². The summed E-state index contributed by atoms with van der Waals surface area (Å²) in [5, 5.41) is 6.80. The van der Waals surface area contributed by atoms with Gasteiger partial charge in [0.2, 0.25) is 11.9 Å². The van der Waals surface area contributed by atoms with Crippen molar-refractivity contribution in [2.75, 3.05) is 63.2 Å². The number of hydrogen-bond acceptors (Lipinski definition) is 9. The third-order valence-electron chi connectivity index (χ3n) is 5.50. The minimum absolute atomic E-state index is 0.220. The third kappa shape index (κ3) is 9.21. The van der Waals surface area contributed by atoms with Crippen LogP contribution in [0.3, 0.4) is 0 Å². The molecule has 0 saturated carbocycles. The van der Waals surface area contributed by atoms with Crippen LogP contribution in [0.25, 0.3) is 0 Å². The van der Waals surface area contributed by atoms with E-state index in [1.54, 1.807) is 0 Å². The Morgan fingerprint density at radius 2 is 1.67 bits per heavy atom. The number of benzene rings is 1. The van der Waals surface area contributed by atoms with Gasteiger partial charge in [-0.3, -0.25) is 4.90 Å². The number of piperidine rings is 1. The lowest BCUT2D eigenvalue weighted by Gasteiger charge is -2.32. The molecule has 0 unspecified atom stereocenters. The highest BCUT2D eigenvalue weighted by Gasteiger charge is 2.20. The first kappa shape index (κ1) is 25.3. The van der Waals surface area contributed by atoms with E-state index >= 15 is 0 Å². The molecule has 4 N–H and O–H groups in total. The van der Waals surface area contributed by atoms with Gasteiger partial charge in [0.15, 0.2) is 0 Å². The Hall–Kier alpha value is -2.33. The Labute approximate surface area is 197 Å². The molecule has 1 fully saturated rings. The van der Waals surface area contributed by atoms with Crippen molar-refractivity contribution in [3.63, 3.8) is 0 Å². The Morgan fingerprint density at radius 3 is 2.36 bits per heavy atom. The molecule has 0 spiro atoms. The molecule has 1 saturated heterocycles. The number of aromatic nitrogens is 3. The summed E-state index contributed by atoms with van der Waals surface area (Å²) < 4.78 is 10.9. The van der Waals surface area contributed by atoms with Gasteiger partial charge in [-0.2, -0.15) is 15.0 Å². The molecule has 0 aliphatic carbocycles. The van der Waals surface area contributed by atoms with E-state index in [2.05, 4.69) is 74.7 Å². The summed E-state index contributed by atoms with van der Waals surface area (Å²) in [5.41, 5.74) is 6.76. The SMILES string of the molecule is CC(C)c1nc(NCCOCCOCCN)nc(NC2CCN(Cc3ccccc3)CC2)n1. The van der Waals surface area contributed by atoms with Gasteiger partial charge < -0.3 is 25.8 Å². The molecule has 1 aliphatic heterocycles. The van der Waals surface area contributed by atoms with Gasteiger partial charge in [0.05, 0.1) is 26.4 Å². The molecule has 9 nitrogen and oxygen atoms in total. The molecule has 3 rings (SSSR count). The largest absolute Gasteiger partial charge is 0.378 e. The molecule has 2 heterocycles. The summed E-state index contributed by atoms with van der Waals surface area (Å²) in [7, 11) is 0. The lowest BCUT2D eigenvalue weighted by Crippen LogP contribution is -2.39. The van der Waals surface area contributed by atoms with E-state index in [1.165, 1.54) is 5.56 Å². The zero-order chi connectivity index (χ0) is 23.3. The Morgan fingerprint density at radius 1 is 0.970 bits per heavy atom. The first-order valence-corrected chi connectivity index (χ1v) is 12.0. The predicted molar refractivity (Wildman–Crippen MR) is 131 cm³/mol. The number of rotatable bonds is 14. The number of likely N-dealkylation sites (tertiary alicyclic amines) is 1. The summed E-state index contributed by atoms with van der Waals surface area (Å²) in [6.45, 7) is 10.7. The van der Waals surface area contributed by atoms with E-state index < -0.39 is 0 Å². The second-order valence-electron chi connectivity index (χ2n) is 8.62. The van der Waals surface area contributed by atoms with Crippen LogP contribution < -0.4 is 16.4 Å². The molecule has 0 atom stereocenters. The number of ether oxygens (including phenoxy) is 2. The van der Waals surface area contributed by atoms with E-state index in [4.69, 9.17) is 15.2 Å². The second kappa shape index (κ2) is 14.0. The maximum Gasteiger partial charge on any atom is 0.227 e. The highest BCUT2D eigenvalue weighted by Crippen LogP contribution is 2.19. The van der Waals surface area contributed by atoms with Crippen molar-refractivity contribution < 1.29 is 9.47 Å². The average molecular weight is 458 g/mol. The third-order valence-corrected chi connectivity index (χ3v) is 5.50. The zero-order valence-electron chi connectivity index (χ0n) is 20.0. The molecule has 1 aromatic carbocycles. The molecule has 0 amide bonds. The molecule has 2 aromatic rings.